The molecule has 2 nitrogen and oxygen atoms in total. The minimum absolute atomic E-state index is 0.0137. The molecule has 1 aliphatic heterocycles. The van der Waals surface area contributed by atoms with Gasteiger partial charge in [0.2, 0.25) is 0 Å². The molecule has 0 aliphatic carbocycles. The summed E-state index contributed by atoms with van der Waals surface area (Å²) in [6.07, 6.45) is 0.865. The molecular weight excluding hydrogens is 234 g/mol. The molecule has 1 atom stereocenters. The maximum absolute atomic E-state index is 12.6. The molecule has 1 heterocycles. The van der Waals surface area contributed by atoms with Crippen LogP contribution in [0.15, 0.2) is 48.5 Å². The Labute approximate surface area is 113 Å². The number of nitrogens with one attached hydrogen (secondary N) is 1. The highest BCUT2D eigenvalue weighted by molar-refractivity contribution is 6.02. The number of fused-ring (bicyclic) bond motifs is 1. The summed E-state index contributed by atoms with van der Waals surface area (Å²) in [5.74, 6) is 0.217. The van der Waals surface area contributed by atoms with Gasteiger partial charge < -0.3 is 5.32 Å². The van der Waals surface area contributed by atoms with Crippen molar-refractivity contribution in [2.24, 2.45) is 0 Å². The van der Waals surface area contributed by atoms with Gasteiger partial charge in [0, 0.05) is 17.8 Å². The smallest absolute Gasteiger partial charge is 0.170 e. The van der Waals surface area contributed by atoms with E-state index in [0.717, 1.165) is 29.8 Å². The molecule has 0 amide bonds. The third-order valence-corrected chi connectivity index (χ3v) is 3.74. The molecule has 3 rings (SSSR count). The maximum Gasteiger partial charge on any atom is 0.170 e. The molecule has 96 valence electrons. The summed E-state index contributed by atoms with van der Waals surface area (Å²) in [4.78, 5) is 12.6. The van der Waals surface area contributed by atoms with Crippen LogP contribution in [0.1, 0.15) is 33.8 Å². The lowest BCUT2D eigenvalue weighted by atomic mass is 9.85. The predicted molar refractivity (Wildman–Crippen MR) is 77.8 cm³/mol. The average Bonchev–Trinajstić information content (AvgIpc) is 2.47. The van der Waals surface area contributed by atoms with E-state index in [4.69, 9.17) is 0 Å². The number of benzene rings is 2. The largest absolute Gasteiger partial charge is 0.385 e. The summed E-state index contributed by atoms with van der Waals surface area (Å²) in [5.41, 5.74) is 4.22. The minimum atomic E-state index is -0.0137. The van der Waals surface area contributed by atoms with Gasteiger partial charge in [0.1, 0.15) is 0 Å². The molecule has 0 bridgehead atoms. The highest BCUT2D eigenvalue weighted by Gasteiger charge is 2.26. The molecule has 0 aromatic heterocycles. The van der Waals surface area contributed by atoms with Crippen molar-refractivity contribution in [3.05, 3.63) is 65.2 Å². The average molecular weight is 251 g/mol. The van der Waals surface area contributed by atoms with Crippen molar-refractivity contribution in [1.82, 2.24) is 0 Å². The highest BCUT2D eigenvalue weighted by Crippen LogP contribution is 2.33. The van der Waals surface area contributed by atoms with Crippen molar-refractivity contribution in [2.45, 2.75) is 19.3 Å². The lowest BCUT2D eigenvalue weighted by Gasteiger charge is -2.25. The van der Waals surface area contributed by atoms with Crippen LogP contribution < -0.4 is 5.32 Å². The molecule has 1 N–H and O–H groups in total. The van der Waals surface area contributed by atoms with Crippen LogP contribution in [0, 0.1) is 6.92 Å². The zero-order valence-electron chi connectivity index (χ0n) is 11.0. The Morgan fingerprint density at radius 3 is 2.63 bits per heavy atom. The predicted octanol–water partition coefficient (Wildman–Crippen LogP) is 3.78. The van der Waals surface area contributed by atoms with E-state index in [2.05, 4.69) is 11.4 Å². The monoisotopic (exact) mass is 251 g/mol. The summed E-state index contributed by atoms with van der Waals surface area (Å²) in [6.45, 7) is 2.90. The Morgan fingerprint density at radius 1 is 1.11 bits per heavy atom. The number of Topliss-reactive ketones (excluding diaryl/α,β-unsaturated/α-hetero) is 1. The van der Waals surface area contributed by atoms with E-state index in [1.54, 1.807) is 0 Å². The zero-order valence-corrected chi connectivity index (χ0v) is 11.0. The molecule has 2 aromatic rings. The molecule has 0 fully saturated rings. The number of para-hydroxylation sites is 1. The number of carbonyl (C=O) groups is 1. The van der Waals surface area contributed by atoms with Crippen LogP contribution >= 0.6 is 0 Å². The van der Waals surface area contributed by atoms with E-state index in [1.807, 2.05) is 49.4 Å². The first-order valence-electron chi connectivity index (χ1n) is 6.69. The fourth-order valence-corrected chi connectivity index (χ4v) is 2.66. The molecular formula is C17H17NO. The second kappa shape index (κ2) is 4.88. The van der Waals surface area contributed by atoms with Crippen molar-refractivity contribution in [3.63, 3.8) is 0 Å². The summed E-state index contributed by atoms with van der Waals surface area (Å²) >= 11 is 0. The van der Waals surface area contributed by atoms with Crippen LogP contribution in [0.4, 0.5) is 5.69 Å². The lowest BCUT2D eigenvalue weighted by molar-refractivity contribution is 0.0955. The zero-order chi connectivity index (χ0) is 13.2. The second-order valence-corrected chi connectivity index (χ2v) is 5.09. The van der Waals surface area contributed by atoms with Gasteiger partial charge in [0.15, 0.2) is 5.78 Å². The molecule has 2 heteroatoms. The number of aryl methyl sites for hydroxylation is 1. The van der Waals surface area contributed by atoms with Crippen molar-refractivity contribution in [1.29, 1.82) is 0 Å². The van der Waals surface area contributed by atoms with Crippen molar-refractivity contribution >= 4 is 11.5 Å². The highest BCUT2D eigenvalue weighted by atomic mass is 16.1. The van der Waals surface area contributed by atoms with Crippen LogP contribution in [0.5, 0.6) is 0 Å². The van der Waals surface area contributed by atoms with Gasteiger partial charge >= 0.3 is 0 Å². The van der Waals surface area contributed by atoms with Gasteiger partial charge in [-0.3, -0.25) is 4.79 Å². The Morgan fingerprint density at radius 2 is 1.84 bits per heavy atom. The SMILES string of the molecule is Cc1ccc(C(=O)C2CCNc3ccccc32)cc1. The van der Waals surface area contributed by atoms with Crippen LogP contribution in [-0.4, -0.2) is 12.3 Å². The van der Waals surface area contributed by atoms with Gasteiger partial charge in [0.05, 0.1) is 5.92 Å². The molecule has 1 unspecified atom stereocenters. The first-order valence-corrected chi connectivity index (χ1v) is 6.69. The van der Waals surface area contributed by atoms with Crippen molar-refractivity contribution < 1.29 is 4.79 Å². The number of anilines is 1. The standard InChI is InChI=1S/C17H17NO/c1-12-6-8-13(9-7-12)17(19)15-10-11-18-16-5-3-2-4-14(15)16/h2-9,15,18H,10-11H2,1H3. The van der Waals surface area contributed by atoms with Crippen LogP contribution in [0.3, 0.4) is 0 Å². The summed E-state index contributed by atoms with van der Waals surface area (Å²) in [6, 6.07) is 16.0. The third-order valence-electron chi connectivity index (χ3n) is 3.74. The van der Waals surface area contributed by atoms with Gasteiger partial charge in [-0.1, -0.05) is 48.0 Å². The Hall–Kier alpha value is -2.09. The van der Waals surface area contributed by atoms with Crippen LogP contribution in [0.2, 0.25) is 0 Å². The van der Waals surface area contributed by atoms with Crippen LogP contribution in [0.25, 0.3) is 0 Å². The number of hydrogen-bond donors (Lipinski definition) is 1. The van der Waals surface area contributed by atoms with E-state index in [-0.39, 0.29) is 11.7 Å². The van der Waals surface area contributed by atoms with Gasteiger partial charge in [-0.2, -0.15) is 0 Å². The van der Waals surface area contributed by atoms with E-state index in [0.29, 0.717) is 0 Å². The number of rotatable bonds is 2. The maximum atomic E-state index is 12.6. The first-order chi connectivity index (χ1) is 9.25. The van der Waals surface area contributed by atoms with Gasteiger partial charge in [0.25, 0.3) is 0 Å². The fourth-order valence-electron chi connectivity index (χ4n) is 2.66. The molecule has 0 saturated carbocycles. The molecule has 2 aromatic carbocycles. The normalized spacial score (nSPS) is 17.4. The third kappa shape index (κ3) is 2.26. The molecule has 19 heavy (non-hydrogen) atoms. The Bertz CT molecular complexity index is 601. The van der Waals surface area contributed by atoms with Crippen LogP contribution in [-0.2, 0) is 0 Å². The molecule has 0 spiro atoms. The second-order valence-electron chi connectivity index (χ2n) is 5.09. The summed E-state index contributed by atoms with van der Waals surface area (Å²) < 4.78 is 0. The minimum Gasteiger partial charge on any atom is -0.385 e. The van der Waals surface area contributed by atoms with Gasteiger partial charge in [-0.15, -0.1) is 0 Å². The Balaban J connectivity index is 1.95. The quantitative estimate of drug-likeness (QED) is 0.823. The van der Waals surface area contributed by atoms with E-state index >= 15 is 0 Å². The van der Waals surface area contributed by atoms with Crippen molar-refractivity contribution in [2.75, 3.05) is 11.9 Å². The van der Waals surface area contributed by atoms with Crippen molar-refractivity contribution in [3.8, 4) is 0 Å². The topological polar surface area (TPSA) is 29.1 Å². The Kier molecular flexibility index (Phi) is 3.08. The van der Waals surface area contributed by atoms with Gasteiger partial charge in [-0.25, -0.2) is 0 Å². The van der Waals surface area contributed by atoms with E-state index in [9.17, 15) is 4.79 Å². The number of ketones is 1. The number of hydrogen-bond acceptors (Lipinski definition) is 2. The number of carbonyl (C=O) groups excluding carboxylic acids is 1. The molecule has 0 radical (unpaired) electrons. The van der Waals surface area contributed by atoms with E-state index in [1.165, 1.54) is 5.56 Å². The summed E-state index contributed by atoms with van der Waals surface area (Å²) in [7, 11) is 0. The molecule has 0 saturated heterocycles. The summed E-state index contributed by atoms with van der Waals surface area (Å²) in [5, 5.41) is 3.36. The lowest BCUT2D eigenvalue weighted by Crippen LogP contribution is -2.23. The van der Waals surface area contributed by atoms with E-state index < -0.39 is 0 Å². The first kappa shape index (κ1) is 12.0. The van der Waals surface area contributed by atoms with Gasteiger partial charge in [-0.05, 0) is 25.0 Å². The molecule has 1 aliphatic rings. The fraction of sp³-hybridized carbons (Fsp3) is 0.235.